The van der Waals surface area contributed by atoms with E-state index in [9.17, 15) is 14.7 Å². The van der Waals surface area contributed by atoms with Gasteiger partial charge in [0.25, 0.3) is 5.91 Å². The van der Waals surface area contributed by atoms with Gasteiger partial charge in [0, 0.05) is 31.2 Å². The van der Waals surface area contributed by atoms with Crippen LogP contribution in [-0.2, 0) is 9.53 Å². The van der Waals surface area contributed by atoms with Crippen LogP contribution in [-0.4, -0.2) is 60.1 Å². The van der Waals surface area contributed by atoms with Gasteiger partial charge in [-0.2, -0.15) is 0 Å². The highest BCUT2D eigenvalue weighted by Crippen LogP contribution is 2.26. The molecule has 6 nitrogen and oxygen atoms in total. The van der Waals surface area contributed by atoms with E-state index in [2.05, 4.69) is 0 Å². The molecule has 2 aromatic rings. The van der Waals surface area contributed by atoms with Crippen LogP contribution < -0.4 is 0 Å². The molecule has 2 aromatic carbocycles. The van der Waals surface area contributed by atoms with Crippen molar-refractivity contribution in [3.63, 3.8) is 0 Å². The van der Waals surface area contributed by atoms with Gasteiger partial charge in [0.15, 0.2) is 0 Å². The molecule has 1 unspecified atom stereocenters. The molecule has 1 saturated heterocycles. The number of methoxy groups -OCH3 is 1. The Bertz CT molecular complexity index is 817. The fourth-order valence-corrected chi connectivity index (χ4v) is 3.39. The number of amides is 1. The van der Waals surface area contributed by atoms with Crippen LogP contribution in [0.1, 0.15) is 22.0 Å². The number of carbonyl (C=O) groups excluding carboxylic acids is 2. The van der Waals surface area contributed by atoms with Crippen molar-refractivity contribution in [1.82, 2.24) is 9.80 Å². The quantitative estimate of drug-likeness (QED) is 0.815. The van der Waals surface area contributed by atoms with E-state index in [0.29, 0.717) is 31.2 Å². The van der Waals surface area contributed by atoms with Crippen molar-refractivity contribution < 1.29 is 19.4 Å². The summed E-state index contributed by atoms with van der Waals surface area (Å²) in [6, 6.07) is 13.1. The maximum atomic E-state index is 12.6. The Hall–Kier alpha value is -2.57. The number of aromatic hydroxyl groups is 1. The first-order chi connectivity index (χ1) is 13.0. The Kier molecular flexibility index (Phi) is 5.98. The maximum absolute atomic E-state index is 12.6. The average Bonchev–Trinajstić information content (AvgIpc) is 2.70. The lowest BCUT2D eigenvalue weighted by Crippen LogP contribution is -2.51. The molecule has 1 atom stereocenters. The molecule has 3 rings (SSSR count). The number of hydrogen-bond donors (Lipinski definition) is 1. The number of hydrogen-bond acceptors (Lipinski definition) is 5. The van der Waals surface area contributed by atoms with Crippen molar-refractivity contribution in [2.24, 2.45) is 0 Å². The Morgan fingerprint density at radius 3 is 2.26 bits per heavy atom. The van der Waals surface area contributed by atoms with Crippen LogP contribution >= 0.6 is 11.6 Å². The number of para-hydroxylation sites is 1. The van der Waals surface area contributed by atoms with Gasteiger partial charge >= 0.3 is 5.97 Å². The summed E-state index contributed by atoms with van der Waals surface area (Å²) >= 11 is 5.95. The number of nitrogens with zero attached hydrogens (tertiary/aromatic N) is 2. The molecule has 1 aliphatic heterocycles. The summed E-state index contributed by atoms with van der Waals surface area (Å²) in [6.07, 6.45) is 0. The standard InChI is InChI=1S/C20H21ClN2O4/c1-27-20(26)18(14-6-8-15(21)9-7-14)22-10-12-23(13-11-22)19(25)16-4-2-3-5-17(16)24/h2-9,18,24H,10-13H2,1H3. The predicted octanol–water partition coefficient (Wildman–Crippen LogP) is 2.72. The summed E-state index contributed by atoms with van der Waals surface area (Å²) in [7, 11) is 1.36. The Morgan fingerprint density at radius 1 is 1.04 bits per heavy atom. The summed E-state index contributed by atoms with van der Waals surface area (Å²) in [5.74, 6) is -0.592. The predicted molar refractivity (Wildman–Crippen MR) is 102 cm³/mol. The Balaban J connectivity index is 1.72. The van der Waals surface area contributed by atoms with E-state index >= 15 is 0 Å². The molecule has 0 saturated carbocycles. The minimum atomic E-state index is -0.547. The Labute approximate surface area is 162 Å². The first kappa shape index (κ1) is 19.2. The van der Waals surface area contributed by atoms with Crippen molar-refractivity contribution in [2.75, 3.05) is 33.3 Å². The number of halogens is 1. The topological polar surface area (TPSA) is 70.1 Å². The second-order valence-corrected chi connectivity index (χ2v) is 6.76. The Morgan fingerprint density at radius 2 is 1.67 bits per heavy atom. The highest BCUT2D eigenvalue weighted by atomic mass is 35.5. The highest BCUT2D eigenvalue weighted by molar-refractivity contribution is 6.30. The van der Waals surface area contributed by atoms with Crippen molar-refractivity contribution >= 4 is 23.5 Å². The summed E-state index contributed by atoms with van der Waals surface area (Å²) < 4.78 is 4.98. The summed E-state index contributed by atoms with van der Waals surface area (Å²) in [5, 5.41) is 10.5. The molecular weight excluding hydrogens is 368 g/mol. The van der Waals surface area contributed by atoms with Gasteiger partial charge in [-0.05, 0) is 29.8 Å². The molecule has 0 bridgehead atoms. The number of benzene rings is 2. The van der Waals surface area contributed by atoms with Crippen molar-refractivity contribution in [3.8, 4) is 5.75 Å². The molecule has 0 radical (unpaired) electrons. The van der Waals surface area contributed by atoms with Crippen LogP contribution in [0.4, 0.5) is 0 Å². The third-order valence-electron chi connectivity index (χ3n) is 4.71. The van der Waals surface area contributed by atoms with Crippen LogP contribution in [0, 0.1) is 0 Å². The third-order valence-corrected chi connectivity index (χ3v) is 4.96. The number of phenolic OH excluding ortho intramolecular Hbond substituents is 1. The number of carbonyl (C=O) groups is 2. The molecule has 1 fully saturated rings. The largest absolute Gasteiger partial charge is 0.507 e. The van der Waals surface area contributed by atoms with E-state index in [1.165, 1.54) is 13.2 Å². The van der Waals surface area contributed by atoms with Gasteiger partial charge in [0.2, 0.25) is 0 Å². The van der Waals surface area contributed by atoms with E-state index < -0.39 is 6.04 Å². The number of piperazine rings is 1. The molecule has 7 heteroatoms. The number of rotatable bonds is 4. The van der Waals surface area contributed by atoms with Crippen LogP contribution in [0.2, 0.25) is 5.02 Å². The smallest absolute Gasteiger partial charge is 0.327 e. The van der Waals surface area contributed by atoms with Crippen molar-refractivity contribution in [3.05, 3.63) is 64.7 Å². The van der Waals surface area contributed by atoms with E-state index in [1.54, 1.807) is 35.2 Å². The summed E-state index contributed by atoms with van der Waals surface area (Å²) in [6.45, 7) is 1.94. The maximum Gasteiger partial charge on any atom is 0.327 e. The molecule has 1 amide bonds. The van der Waals surface area contributed by atoms with Gasteiger partial charge in [-0.15, -0.1) is 0 Å². The van der Waals surface area contributed by atoms with Gasteiger partial charge in [-0.25, -0.2) is 4.79 Å². The molecule has 1 heterocycles. The minimum Gasteiger partial charge on any atom is -0.507 e. The summed E-state index contributed by atoms with van der Waals surface area (Å²) in [4.78, 5) is 28.7. The number of ether oxygens (including phenoxy) is 1. The van der Waals surface area contributed by atoms with Crippen LogP contribution in [0.15, 0.2) is 48.5 Å². The lowest BCUT2D eigenvalue weighted by Gasteiger charge is -2.38. The fourth-order valence-electron chi connectivity index (χ4n) is 3.26. The van der Waals surface area contributed by atoms with Gasteiger partial charge in [0.1, 0.15) is 11.8 Å². The normalized spacial score (nSPS) is 16.0. The lowest BCUT2D eigenvalue weighted by molar-refractivity contribution is -0.148. The second kappa shape index (κ2) is 8.41. The molecule has 0 spiro atoms. The van der Waals surface area contributed by atoms with Gasteiger partial charge < -0.3 is 14.7 Å². The fraction of sp³-hybridized carbons (Fsp3) is 0.300. The molecule has 27 heavy (non-hydrogen) atoms. The van der Waals surface area contributed by atoms with Crippen LogP contribution in [0.3, 0.4) is 0 Å². The van der Waals surface area contributed by atoms with E-state index in [0.717, 1.165) is 5.56 Å². The molecule has 0 aliphatic carbocycles. The average molecular weight is 389 g/mol. The van der Waals surface area contributed by atoms with Crippen molar-refractivity contribution in [1.29, 1.82) is 0 Å². The minimum absolute atomic E-state index is 0.0291. The van der Waals surface area contributed by atoms with Crippen LogP contribution in [0.25, 0.3) is 0 Å². The zero-order valence-electron chi connectivity index (χ0n) is 15.0. The van der Waals surface area contributed by atoms with Gasteiger partial charge in [-0.1, -0.05) is 35.9 Å². The van der Waals surface area contributed by atoms with E-state index in [4.69, 9.17) is 16.3 Å². The van der Waals surface area contributed by atoms with Crippen LogP contribution in [0.5, 0.6) is 5.75 Å². The van der Waals surface area contributed by atoms with Gasteiger partial charge in [0.05, 0.1) is 12.7 Å². The van der Waals surface area contributed by atoms with E-state index in [-0.39, 0.29) is 23.2 Å². The monoisotopic (exact) mass is 388 g/mol. The molecule has 142 valence electrons. The summed E-state index contributed by atoms with van der Waals surface area (Å²) in [5.41, 5.74) is 1.08. The first-order valence-corrected chi connectivity index (χ1v) is 9.03. The highest BCUT2D eigenvalue weighted by Gasteiger charge is 2.32. The molecule has 1 N–H and O–H groups in total. The SMILES string of the molecule is COC(=O)C(c1ccc(Cl)cc1)N1CCN(C(=O)c2ccccc2O)CC1. The third kappa shape index (κ3) is 4.23. The zero-order valence-corrected chi connectivity index (χ0v) is 15.7. The molecule has 1 aliphatic rings. The molecule has 0 aromatic heterocycles. The lowest BCUT2D eigenvalue weighted by atomic mass is 10.0. The molecular formula is C20H21ClN2O4. The van der Waals surface area contributed by atoms with Gasteiger partial charge in [-0.3, -0.25) is 9.69 Å². The second-order valence-electron chi connectivity index (χ2n) is 6.32. The zero-order chi connectivity index (χ0) is 19.4. The van der Waals surface area contributed by atoms with E-state index in [1.807, 2.05) is 17.0 Å². The first-order valence-electron chi connectivity index (χ1n) is 8.66. The van der Waals surface area contributed by atoms with Crippen molar-refractivity contribution in [2.45, 2.75) is 6.04 Å². The number of phenols is 1. The number of esters is 1.